The summed E-state index contributed by atoms with van der Waals surface area (Å²) in [5.41, 5.74) is 1.51. The van der Waals surface area contributed by atoms with Crippen molar-refractivity contribution < 1.29 is 13.9 Å². The molecule has 1 aliphatic heterocycles. The summed E-state index contributed by atoms with van der Waals surface area (Å²) in [5.74, 6) is 1.68. The first-order chi connectivity index (χ1) is 9.22. The Labute approximate surface area is 110 Å². The number of carbonyl (C=O) groups is 1. The van der Waals surface area contributed by atoms with Gasteiger partial charge in [-0.2, -0.15) is 0 Å². The van der Waals surface area contributed by atoms with Crippen molar-refractivity contribution in [3.63, 3.8) is 0 Å². The smallest absolute Gasteiger partial charge is 0.343 e. The first-order valence-electron chi connectivity index (χ1n) is 6.00. The summed E-state index contributed by atoms with van der Waals surface area (Å²) in [6.45, 7) is 1.75. The third-order valence-corrected chi connectivity index (χ3v) is 2.83. The SMILES string of the molecule is CC1=C/C(=C\c2ccc(-c3ccccc3)o2)C(=O)O1. The van der Waals surface area contributed by atoms with Crippen molar-refractivity contribution in [3.05, 3.63) is 65.6 Å². The average Bonchev–Trinajstić information content (AvgIpc) is 2.99. The second-order valence-corrected chi connectivity index (χ2v) is 4.31. The lowest BCUT2D eigenvalue weighted by Gasteiger charge is -1.95. The van der Waals surface area contributed by atoms with E-state index in [0.29, 0.717) is 17.1 Å². The highest BCUT2D eigenvalue weighted by Gasteiger charge is 2.18. The van der Waals surface area contributed by atoms with Gasteiger partial charge in [-0.1, -0.05) is 30.3 Å². The highest BCUT2D eigenvalue weighted by atomic mass is 16.5. The first-order valence-corrected chi connectivity index (χ1v) is 6.00. The molecule has 1 aliphatic rings. The minimum Gasteiger partial charge on any atom is -0.457 e. The third-order valence-electron chi connectivity index (χ3n) is 2.83. The summed E-state index contributed by atoms with van der Waals surface area (Å²) in [5, 5.41) is 0. The Morgan fingerprint density at radius 3 is 2.53 bits per heavy atom. The summed E-state index contributed by atoms with van der Waals surface area (Å²) < 4.78 is 10.7. The van der Waals surface area contributed by atoms with Gasteiger partial charge in [-0.3, -0.25) is 0 Å². The van der Waals surface area contributed by atoms with E-state index in [4.69, 9.17) is 9.15 Å². The molecule has 0 saturated carbocycles. The fraction of sp³-hybridized carbons (Fsp3) is 0.0625. The Balaban J connectivity index is 1.91. The quantitative estimate of drug-likeness (QED) is 0.603. The molecule has 3 nitrogen and oxygen atoms in total. The van der Waals surface area contributed by atoms with Crippen molar-refractivity contribution in [2.24, 2.45) is 0 Å². The Hall–Kier alpha value is -2.55. The summed E-state index contributed by atoms with van der Waals surface area (Å²) in [6.07, 6.45) is 3.39. The Kier molecular flexibility index (Phi) is 2.80. The molecule has 1 aromatic carbocycles. The number of allylic oxidation sites excluding steroid dienone is 1. The zero-order chi connectivity index (χ0) is 13.2. The first kappa shape index (κ1) is 11.5. The van der Waals surface area contributed by atoms with Gasteiger partial charge in [0.25, 0.3) is 0 Å². The van der Waals surface area contributed by atoms with Crippen LogP contribution in [0.2, 0.25) is 0 Å². The van der Waals surface area contributed by atoms with Crippen LogP contribution >= 0.6 is 0 Å². The normalized spacial score (nSPS) is 16.6. The molecule has 0 N–H and O–H groups in total. The molecule has 0 saturated heterocycles. The summed E-state index contributed by atoms with van der Waals surface area (Å²) in [4.78, 5) is 11.5. The van der Waals surface area contributed by atoms with Crippen molar-refractivity contribution in [2.45, 2.75) is 6.92 Å². The van der Waals surface area contributed by atoms with Crippen molar-refractivity contribution in [3.8, 4) is 11.3 Å². The van der Waals surface area contributed by atoms with E-state index in [1.165, 1.54) is 0 Å². The fourth-order valence-electron chi connectivity index (χ4n) is 1.95. The number of esters is 1. The molecule has 0 amide bonds. The standard InChI is InChI=1S/C16H12O3/c1-11-9-13(16(17)18-11)10-14-7-8-15(19-14)12-5-3-2-4-6-12/h2-10H,1H3/b13-10+. The highest BCUT2D eigenvalue weighted by molar-refractivity contribution is 5.99. The topological polar surface area (TPSA) is 39.4 Å². The molecule has 1 aromatic heterocycles. The molecule has 2 aromatic rings. The van der Waals surface area contributed by atoms with E-state index >= 15 is 0 Å². The lowest BCUT2D eigenvalue weighted by Crippen LogP contribution is -1.95. The molecule has 0 spiro atoms. The monoisotopic (exact) mass is 252 g/mol. The fourth-order valence-corrected chi connectivity index (χ4v) is 1.95. The molecule has 19 heavy (non-hydrogen) atoms. The van der Waals surface area contributed by atoms with Crippen molar-refractivity contribution in [2.75, 3.05) is 0 Å². The largest absolute Gasteiger partial charge is 0.457 e. The van der Waals surface area contributed by atoms with Crippen LogP contribution in [0.4, 0.5) is 0 Å². The van der Waals surface area contributed by atoms with Gasteiger partial charge in [0.15, 0.2) is 0 Å². The van der Waals surface area contributed by atoms with Gasteiger partial charge in [0.2, 0.25) is 0 Å². The number of ether oxygens (including phenoxy) is 1. The summed E-state index contributed by atoms with van der Waals surface area (Å²) in [7, 11) is 0. The third kappa shape index (κ3) is 2.36. The van der Waals surface area contributed by atoms with Crippen LogP contribution in [0.25, 0.3) is 17.4 Å². The molecule has 0 unspecified atom stereocenters. The number of furan rings is 1. The summed E-state index contributed by atoms with van der Waals surface area (Å²) in [6, 6.07) is 13.5. The van der Waals surface area contributed by atoms with Gasteiger partial charge in [0, 0.05) is 5.56 Å². The molecule has 94 valence electrons. The lowest BCUT2D eigenvalue weighted by atomic mass is 10.2. The van der Waals surface area contributed by atoms with Crippen LogP contribution in [0, 0.1) is 0 Å². The van der Waals surface area contributed by atoms with E-state index in [-0.39, 0.29) is 5.97 Å². The van der Waals surface area contributed by atoms with Gasteiger partial charge < -0.3 is 9.15 Å². The van der Waals surface area contributed by atoms with Crippen LogP contribution < -0.4 is 0 Å². The van der Waals surface area contributed by atoms with Gasteiger partial charge in [0.1, 0.15) is 17.3 Å². The number of carbonyl (C=O) groups excluding carboxylic acids is 1. The number of rotatable bonds is 2. The van der Waals surface area contributed by atoms with E-state index < -0.39 is 0 Å². The van der Waals surface area contributed by atoms with E-state index in [9.17, 15) is 4.79 Å². The van der Waals surface area contributed by atoms with Gasteiger partial charge >= 0.3 is 5.97 Å². The highest BCUT2D eigenvalue weighted by Crippen LogP contribution is 2.25. The predicted octanol–water partition coefficient (Wildman–Crippen LogP) is 3.79. The van der Waals surface area contributed by atoms with Gasteiger partial charge in [-0.25, -0.2) is 4.79 Å². The van der Waals surface area contributed by atoms with Crippen molar-refractivity contribution in [1.29, 1.82) is 0 Å². The van der Waals surface area contributed by atoms with Crippen molar-refractivity contribution in [1.82, 2.24) is 0 Å². The second-order valence-electron chi connectivity index (χ2n) is 4.31. The van der Waals surface area contributed by atoms with Crippen molar-refractivity contribution >= 4 is 12.0 Å². The average molecular weight is 252 g/mol. The summed E-state index contributed by atoms with van der Waals surface area (Å²) >= 11 is 0. The van der Waals surface area contributed by atoms with Crippen LogP contribution in [0.3, 0.4) is 0 Å². The molecule has 3 rings (SSSR count). The van der Waals surface area contributed by atoms with E-state index in [1.54, 1.807) is 19.1 Å². The van der Waals surface area contributed by atoms with Crippen LogP contribution in [0.1, 0.15) is 12.7 Å². The minimum atomic E-state index is -0.338. The molecule has 0 radical (unpaired) electrons. The lowest BCUT2D eigenvalue weighted by molar-refractivity contribution is -0.133. The number of hydrogen-bond acceptors (Lipinski definition) is 3. The molecule has 0 fully saturated rings. The number of cyclic esters (lactones) is 1. The molecule has 0 atom stereocenters. The number of hydrogen-bond donors (Lipinski definition) is 0. The van der Waals surface area contributed by atoms with Crippen LogP contribution in [-0.2, 0) is 9.53 Å². The zero-order valence-corrected chi connectivity index (χ0v) is 10.4. The minimum absolute atomic E-state index is 0.338. The van der Waals surface area contributed by atoms with Crippen LogP contribution in [0.5, 0.6) is 0 Å². The van der Waals surface area contributed by atoms with Gasteiger partial charge in [-0.15, -0.1) is 0 Å². The Morgan fingerprint density at radius 1 is 1.05 bits per heavy atom. The number of benzene rings is 1. The molecular weight excluding hydrogens is 240 g/mol. The maximum Gasteiger partial charge on any atom is 0.343 e. The van der Waals surface area contributed by atoms with Crippen LogP contribution in [-0.4, -0.2) is 5.97 Å². The van der Waals surface area contributed by atoms with Crippen LogP contribution in [0.15, 0.2) is 64.3 Å². The molecule has 2 heterocycles. The molecule has 3 heteroatoms. The molecular formula is C16H12O3. The van der Waals surface area contributed by atoms with E-state index in [0.717, 1.165) is 11.3 Å². The zero-order valence-electron chi connectivity index (χ0n) is 10.4. The maximum atomic E-state index is 11.5. The van der Waals surface area contributed by atoms with E-state index in [2.05, 4.69) is 0 Å². The molecule has 0 bridgehead atoms. The Morgan fingerprint density at radius 2 is 1.84 bits per heavy atom. The predicted molar refractivity (Wildman–Crippen MR) is 72.0 cm³/mol. The molecule has 0 aliphatic carbocycles. The maximum absolute atomic E-state index is 11.5. The van der Waals surface area contributed by atoms with Gasteiger partial charge in [0.05, 0.1) is 5.57 Å². The van der Waals surface area contributed by atoms with Gasteiger partial charge in [-0.05, 0) is 31.2 Å². The Bertz CT molecular complexity index is 675. The van der Waals surface area contributed by atoms with E-state index in [1.807, 2.05) is 42.5 Å². The second kappa shape index (κ2) is 4.61.